The molecule has 0 fully saturated rings. The van der Waals surface area contributed by atoms with Gasteiger partial charge in [0, 0.05) is 59.6 Å². The van der Waals surface area contributed by atoms with E-state index in [-0.39, 0.29) is 71.4 Å². The Hall–Kier alpha value is -5.98. The van der Waals surface area contributed by atoms with Gasteiger partial charge in [-0.05, 0) is 60.4 Å². The average molecular weight is 675 g/mol. The summed E-state index contributed by atoms with van der Waals surface area (Å²) in [5.74, 6) is -2.56. The molecule has 0 spiro atoms. The number of hydrogen-bond donors (Lipinski definition) is 6. The molecular weight excluding hydrogens is 636 g/mol. The maximum absolute atomic E-state index is 13.4. The highest BCUT2D eigenvalue weighted by molar-refractivity contribution is 6.29. The Kier molecular flexibility index (Phi) is 11.6. The summed E-state index contributed by atoms with van der Waals surface area (Å²) >= 11 is 0. The maximum Gasteiger partial charge on any atom is 0.251 e. The molecule has 1 aliphatic carbocycles. The van der Waals surface area contributed by atoms with Gasteiger partial charge in [-0.3, -0.25) is 28.8 Å². The van der Waals surface area contributed by atoms with Crippen molar-refractivity contribution < 1.29 is 28.8 Å². The molecule has 0 aromatic heterocycles. The van der Waals surface area contributed by atoms with Crippen molar-refractivity contribution in [2.45, 2.75) is 24.9 Å². The summed E-state index contributed by atoms with van der Waals surface area (Å²) in [6.07, 6.45) is 0.761. The Morgan fingerprint density at radius 2 is 0.840 bits per heavy atom. The molecule has 0 unspecified atom stereocenters. The molecule has 12 heteroatoms. The van der Waals surface area contributed by atoms with E-state index in [1.807, 2.05) is 60.7 Å². The first-order valence-corrected chi connectivity index (χ1v) is 16.2. The first-order chi connectivity index (χ1) is 24.1. The van der Waals surface area contributed by atoms with Crippen molar-refractivity contribution in [1.29, 1.82) is 0 Å². The zero-order valence-corrected chi connectivity index (χ0v) is 27.2. The average Bonchev–Trinajstić information content (AvgIpc) is 3.14. The maximum atomic E-state index is 13.4. The van der Waals surface area contributed by atoms with Crippen LogP contribution in [-0.4, -0.2) is 73.5 Å². The highest BCUT2D eigenvalue weighted by Crippen LogP contribution is 2.29. The molecule has 4 aromatic carbocycles. The van der Waals surface area contributed by atoms with E-state index in [1.54, 1.807) is 0 Å². The molecule has 0 bridgehead atoms. The van der Waals surface area contributed by atoms with E-state index in [1.165, 1.54) is 36.4 Å². The fourth-order valence-electron chi connectivity index (χ4n) is 5.54. The summed E-state index contributed by atoms with van der Waals surface area (Å²) in [6.45, 7) is 0.537. The van der Waals surface area contributed by atoms with Crippen LogP contribution in [0.15, 0.2) is 97.1 Å². The van der Waals surface area contributed by atoms with Crippen LogP contribution >= 0.6 is 0 Å². The van der Waals surface area contributed by atoms with Crippen molar-refractivity contribution in [1.82, 2.24) is 21.3 Å². The van der Waals surface area contributed by atoms with E-state index in [2.05, 4.69) is 21.3 Å². The third kappa shape index (κ3) is 8.73. The predicted molar refractivity (Wildman–Crippen MR) is 187 cm³/mol. The predicted octanol–water partition coefficient (Wildman–Crippen LogP) is 1.29. The van der Waals surface area contributed by atoms with Gasteiger partial charge in [0.2, 0.25) is 11.8 Å². The normalized spacial score (nSPS) is 12.9. The molecule has 8 N–H and O–H groups in total. The highest BCUT2D eigenvalue weighted by Gasteiger charge is 2.31. The van der Waals surface area contributed by atoms with Crippen molar-refractivity contribution in [3.05, 3.63) is 142 Å². The Morgan fingerprint density at radius 1 is 0.480 bits per heavy atom. The van der Waals surface area contributed by atoms with Gasteiger partial charge in [0.25, 0.3) is 11.8 Å². The first kappa shape index (κ1) is 35.3. The SMILES string of the molecule is N[C@@H](Cc1ccccc1)C(=O)NCCNC(=O)c1ccc2c(c1)C(=O)c1ccc(C(=O)NCCNC(=O)[C@@H](N)Cc3ccccc3)cc1C2=O. The lowest BCUT2D eigenvalue weighted by atomic mass is 9.82. The van der Waals surface area contributed by atoms with Gasteiger partial charge in [-0.15, -0.1) is 0 Å². The van der Waals surface area contributed by atoms with E-state index in [0.29, 0.717) is 12.8 Å². The van der Waals surface area contributed by atoms with E-state index >= 15 is 0 Å². The number of amides is 4. The van der Waals surface area contributed by atoms with Crippen molar-refractivity contribution in [3.8, 4) is 0 Å². The summed E-state index contributed by atoms with van der Waals surface area (Å²) in [6, 6.07) is 25.7. The van der Waals surface area contributed by atoms with Crippen LogP contribution in [0.5, 0.6) is 0 Å². The van der Waals surface area contributed by atoms with Gasteiger partial charge in [0.05, 0.1) is 12.1 Å². The smallest absolute Gasteiger partial charge is 0.251 e. The second-order valence-electron chi connectivity index (χ2n) is 11.9. The quantitative estimate of drug-likeness (QED) is 0.0946. The molecule has 4 amide bonds. The minimum absolute atomic E-state index is 0.0775. The second-order valence-corrected chi connectivity index (χ2v) is 11.9. The summed E-state index contributed by atoms with van der Waals surface area (Å²) in [5, 5.41) is 10.8. The number of rotatable bonds is 14. The van der Waals surface area contributed by atoms with Gasteiger partial charge < -0.3 is 32.7 Å². The molecule has 4 aromatic rings. The van der Waals surface area contributed by atoms with Gasteiger partial charge in [-0.25, -0.2) is 0 Å². The lowest BCUT2D eigenvalue weighted by molar-refractivity contribution is -0.123. The van der Waals surface area contributed by atoms with E-state index in [9.17, 15) is 28.8 Å². The van der Waals surface area contributed by atoms with Gasteiger partial charge in [0.1, 0.15) is 0 Å². The number of carbonyl (C=O) groups excluding carboxylic acids is 6. The van der Waals surface area contributed by atoms with E-state index in [4.69, 9.17) is 11.5 Å². The number of benzene rings is 4. The number of carbonyl (C=O) groups is 6. The fraction of sp³-hybridized carbons (Fsp3) is 0.211. The van der Waals surface area contributed by atoms with Crippen molar-refractivity contribution in [2.75, 3.05) is 26.2 Å². The van der Waals surface area contributed by atoms with Crippen molar-refractivity contribution in [3.63, 3.8) is 0 Å². The number of nitrogens with one attached hydrogen (secondary N) is 4. The molecule has 0 radical (unpaired) electrons. The fourth-order valence-corrected chi connectivity index (χ4v) is 5.54. The van der Waals surface area contributed by atoms with Gasteiger partial charge >= 0.3 is 0 Å². The van der Waals surface area contributed by atoms with Crippen LogP contribution in [0.25, 0.3) is 0 Å². The summed E-state index contributed by atoms with van der Waals surface area (Å²) in [7, 11) is 0. The molecular formula is C38H38N6O6. The van der Waals surface area contributed by atoms with Crippen LogP contribution in [0, 0.1) is 0 Å². The van der Waals surface area contributed by atoms with E-state index < -0.39 is 35.5 Å². The standard InChI is InChI=1S/C38H38N6O6/c39-31(19-23-7-3-1-4-8-23)37(49)43-17-15-41-35(47)25-11-13-27-29(21-25)33(45)28-14-12-26(22-30(28)34(27)46)36(48)42-16-18-44-38(50)32(40)20-24-9-5-2-6-10-24/h1-14,21-22,31-32H,15-20,39-40H2,(H,41,47)(H,42,48)(H,43,49)(H,44,50)/t31-,32-/m0/s1. The molecule has 0 saturated carbocycles. The van der Waals surface area contributed by atoms with Crippen LogP contribution in [0.3, 0.4) is 0 Å². The lowest BCUT2D eigenvalue weighted by Gasteiger charge is -2.19. The summed E-state index contributed by atoms with van der Waals surface area (Å²) in [4.78, 5) is 77.1. The molecule has 0 aliphatic heterocycles. The minimum atomic E-state index is -0.736. The molecule has 5 rings (SSSR count). The molecule has 50 heavy (non-hydrogen) atoms. The third-order valence-electron chi connectivity index (χ3n) is 8.23. The number of ketones is 2. The Labute approximate surface area is 289 Å². The molecule has 0 heterocycles. The zero-order valence-electron chi connectivity index (χ0n) is 27.2. The van der Waals surface area contributed by atoms with Crippen molar-refractivity contribution >= 4 is 35.2 Å². The Morgan fingerprint density at radius 3 is 1.22 bits per heavy atom. The second kappa shape index (κ2) is 16.4. The van der Waals surface area contributed by atoms with Crippen LogP contribution in [0.1, 0.15) is 63.7 Å². The van der Waals surface area contributed by atoms with Crippen LogP contribution < -0.4 is 32.7 Å². The summed E-state index contributed by atoms with van der Waals surface area (Å²) < 4.78 is 0. The number of nitrogens with two attached hydrogens (primary N) is 2. The zero-order chi connectivity index (χ0) is 35.6. The Balaban J connectivity index is 1.10. The largest absolute Gasteiger partial charge is 0.353 e. The Bertz CT molecular complexity index is 1770. The molecule has 1 aliphatic rings. The van der Waals surface area contributed by atoms with Crippen LogP contribution in [0.4, 0.5) is 0 Å². The monoisotopic (exact) mass is 674 g/mol. The van der Waals surface area contributed by atoms with Crippen LogP contribution in [-0.2, 0) is 22.4 Å². The molecule has 0 saturated heterocycles. The molecule has 12 nitrogen and oxygen atoms in total. The first-order valence-electron chi connectivity index (χ1n) is 16.2. The molecule has 2 atom stereocenters. The minimum Gasteiger partial charge on any atom is -0.353 e. The van der Waals surface area contributed by atoms with Gasteiger partial charge in [0.15, 0.2) is 11.6 Å². The topological polar surface area (TPSA) is 203 Å². The van der Waals surface area contributed by atoms with Crippen molar-refractivity contribution in [2.24, 2.45) is 11.5 Å². The van der Waals surface area contributed by atoms with Gasteiger partial charge in [-0.1, -0.05) is 60.7 Å². The number of hydrogen-bond acceptors (Lipinski definition) is 8. The van der Waals surface area contributed by atoms with Gasteiger partial charge in [-0.2, -0.15) is 0 Å². The highest BCUT2D eigenvalue weighted by atomic mass is 16.2. The third-order valence-corrected chi connectivity index (χ3v) is 8.23. The molecule has 256 valence electrons. The number of fused-ring (bicyclic) bond motifs is 2. The summed E-state index contributed by atoms with van der Waals surface area (Å²) in [5.41, 5.74) is 14.6. The van der Waals surface area contributed by atoms with Crippen LogP contribution in [0.2, 0.25) is 0 Å². The van der Waals surface area contributed by atoms with E-state index in [0.717, 1.165) is 11.1 Å². The lowest BCUT2D eigenvalue weighted by Crippen LogP contribution is -2.44.